The number of carbonyl (C=O) groups is 4. The number of carbonyl (C=O) groups excluding carboxylic acids is 4. The van der Waals surface area contributed by atoms with Crippen LogP contribution in [0.4, 0.5) is 0 Å². The van der Waals surface area contributed by atoms with Gasteiger partial charge in [-0.2, -0.15) is 0 Å². The van der Waals surface area contributed by atoms with E-state index in [9.17, 15) is 19.2 Å². The van der Waals surface area contributed by atoms with Crippen LogP contribution >= 0.6 is 22.6 Å². The van der Waals surface area contributed by atoms with Crippen LogP contribution in [-0.2, 0) is 97.6 Å². The predicted octanol–water partition coefficient (Wildman–Crippen LogP) is 16.5. The molecule has 91 heavy (non-hydrogen) atoms. The lowest BCUT2D eigenvalue weighted by Crippen LogP contribution is -2.20. The van der Waals surface area contributed by atoms with E-state index in [4.69, 9.17) is 16.4 Å². The molecule has 0 spiro atoms. The average Bonchev–Trinajstić information content (AvgIpc) is 3.76. The Morgan fingerprint density at radius 2 is 0.692 bits per heavy atom. The van der Waals surface area contributed by atoms with Gasteiger partial charge in [0.1, 0.15) is 5.75 Å². The summed E-state index contributed by atoms with van der Waals surface area (Å²) in [6, 6.07) is 65.9. The van der Waals surface area contributed by atoms with Gasteiger partial charge in [0.2, 0.25) is 5.91 Å². The first-order valence-electron chi connectivity index (χ1n) is 30.4. The molecule has 0 aliphatic heterocycles. The largest absolute Gasteiger partial charge is 0.497 e. The molecule has 11 heteroatoms. The number of ether oxygens (including phenoxy) is 4. The number of terminal acetylenes is 1. The van der Waals surface area contributed by atoms with Crippen molar-refractivity contribution in [2.24, 2.45) is 0 Å². The average molecular weight is 1340 g/mol. The highest BCUT2D eigenvalue weighted by Crippen LogP contribution is 2.16. The number of nitrogens with one attached hydrogen (secondary N) is 1. The van der Waals surface area contributed by atoms with Crippen LogP contribution in [0.15, 0.2) is 194 Å². The second kappa shape index (κ2) is 45.5. The molecule has 8 rings (SSSR count). The third kappa shape index (κ3) is 34.1. The summed E-state index contributed by atoms with van der Waals surface area (Å²) in [5.74, 6) is 8.89. The van der Waals surface area contributed by atoms with Crippen molar-refractivity contribution in [1.29, 1.82) is 0 Å². The summed E-state index contributed by atoms with van der Waals surface area (Å²) < 4.78 is 20.1. The summed E-state index contributed by atoms with van der Waals surface area (Å²) >= 11 is 2.26. The van der Waals surface area contributed by atoms with Crippen molar-refractivity contribution in [2.75, 3.05) is 28.4 Å². The van der Waals surface area contributed by atoms with E-state index >= 15 is 0 Å². The fourth-order valence-corrected chi connectivity index (χ4v) is 9.22. The van der Waals surface area contributed by atoms with Crippen molar-refractivity contribution >= 4 is 46.4 Å². The molecule has 0 saturated carbocycles. The number of hydroxylamine groups is 1. The van der Waals surface area contributed by atoms with Crippen molar-refractivity contribution in [1.82, 2.24) is 5.48 Å². The van der Waals surface area contributed by atoms with Gasteiger partial charge in [-0.15, -0.1) is 12.3 Å². The molecule has 0 aliphatic rings. The quantitative estimate of drug-likeness (QED) is 0.0122. The standard InChI is InChI=1S/C20H24O2.C20H20O2.C19H23NO2.C13H14O2.C7H7IO.CH4/c2*1-16-7-9-17(10-8-16)5-3-4-6-18-11-13-19(14-12-18)15-20(21)22-2;1-15-6-8-16(9-7-15)4-2-3-5-17-10-12-18(13-11-17)14-19(21)20-22;1-3-4-5-11-6-8-12(9-7-11)10-13(14)15-2;1-9-7-4-2-6(8)3-5-7;/h7-14H,3-6,15H2,1-2H3;7-14H,4,6,15H2,1-2H3;6-13,22H,2-5,14H2,1H3,(H,20,21);1,6-9H,4-5,10H2,2H3;2-5H,1H3;1H4. The zero-order valence-corrected chi connectivity index (χ0v) is 55.6. The number of aryl methyl sites for hydroxylation is 9. The maximum absolute atomic E-state index is 11.2. The molecule has 8 aromatic rings. The van der Waals surface area contributed by atoms with Crippen LogP contribution in [0.2, 0.25) is 0 Å². The molecule has 0 bridgehead atoms. The van der Waals surface area contributed by atoms with Gasteiger partial charge >= 0.3 is 17.9 Å². The first-order valence-corrected chi connectivity index (χ1v) is 31.5. The van der Waals surface area contributed by atoms with Gasteiger partial charge in [0.25, 0.3) is 0 Å². The first kappa shape index (κ1) is 76.5. The van der Waals surface area contributed by atoms with Crippen LogP contribution in [0.25, 0.3) is 0 Å². The van der Waals surface area contributed by atoms with Crippen LogP contribution in [-0.4, -0.2) is 57.5 Å². The molecule has 0 aromatic heterocycles. The van der Waals surface area contributed by atoms with Crippen molar-refractivity contribution in [2.45, 2.75) is 131 Å². The minimum atomic E-state index is -0.383. The van der Waals surface area contributed by atoms with Crippen molar-refractivity contribution in [3.05, 3.63) is 276 Å². The Hall–Kier alpha value is -8.75. The van der Waals surface area contributed by atoms with Gasteiger partial charge in [0, 0.05) is 22.0 Å². The molecule has 0 radical (unpaired) electrons. The molecule has 0 heterocycles. The normalized spacial score (nSPS) is 9.85. The van der Waals surface area contributed by atoms with Crippen LogP contribution in [0.3, 0.4) is 0 Å². The van der Waals surface area contributed by atoms with Gasteiger partial charge in [0.15, 0.2) is 0 Å². The Labute approximate surface area is 556 Å². The van der Waals surface area contributed by atoms with E-state index in [-0.39, 0.29) is 37.7 Å². The Morgan fingerprint density at radius 1 is 0.407 bits per heavy atom. The van der Waals surface area contributed by atoms with Gasteiger partial charge in [0.05, 0.1) is 54.1 Å². The molecular weight excluding hydrogens is 1250 g/mol. The number of benzene rings is 8. The summed E-state index contributed by atoms with van der Waals surface area (Å²) in [6.45, 7) is 6.30. The van der Waals surface area contributed by atoms with Crippen LogP contribution in [0.1, 0.15) is 124 Å². The lowest BCUT2D eigenvalue weighted by molar-refractivity contribution is -0.140. The lowest BCUT2D eigenvalue weighted by Gasteiger charge is -2.05. The molecule has 0 saturated heterocycles. The monoisotopic (exact) mass is 1340 g/mol. The Bertz CT molecular complexity index is 3320. The minimum Gasteiger partial charge on any atom is -0.497 e. The second-order valence-corrected chi connectivity index (χ2v) is 22.9. The van der Waals surface area contributed by atoms with E-state index < -0.39 is 0 Å². The predicted molar refractivity (Wildman–Crippen MR) is 378 cm³/mol. The van der Waals surface area contributed by atoms with Crippen LogP contribution in [0, 0.1) is 48.5 Å². The molecule has 0 fully saturated rings. The van der Waals surface area contributed by atoms with E-state index in [1.807, 2.05) is 109 Å². The number of halogens is 1. The van der Waals surface area contributed by atoms with E-state index in [0.717, 1.165) is 91.4 Å². The highest BCUT2D eigenvalue weighted by Gasteiger charge is 2.07. The summed E-state index contributed by atoms with van der Waals surface area (Å²) in [6.07, 6.45) is 18.9. The van der Waals surface area contributed by atoms with Gasteiger partial charge in [-0.25, -0.2) is 5.48 Å². The molecule has 478 valence electrons. The summed E-state index contributed by atoms with van der Waals surface area (Å²) in [5.41, 5.74) is 18.3. The molecule has 0 unspecified atom stereocenters. The summed E-state index contributed by atoms with van der Waals surface area (Å²) in [4.78, 5) is 44.5. The summed E-state index contributed by atoms with van der Waals surface area (Å²) in [7, 11) is 5.89. The zero-order valence-electron chi connectivity index (χ0n) is 53.5. The lowest BCUT2D eigenvalue weighted by atomic mass is 10.0. The molecule has 2 N–H and O–H groups in total. The third-order valence-corrected chi connectivity index (χ3v) is 15.1. The van der Waals surface area contributed by atoms with Crippen LogP contribution in [0.5, 0.6) is 5.75 Å². The minimum absolute atomic E-state index is 0. The molecule has 1 amide bonds. The number of rotatable bonds is 23. The number of esters is 3. The molecular formula is C80H92INO9. The summed E-state index contributed by atoms with van der Waals surface area (Å²) in [5, 5.41) is 8.50. The maximum Gasteiger partial charge on any atom is 0.309 e. The number of methoxy groups -OCH3 is 4. The molecule has 0 aliphatic carbocycles. The number of hydrogen-bond donors (Lipinski definition) is 2. The van der Waals surface area contributed by atoms with E-state index in [0.29, 0.717) is 19.3 Å². The first-order chi connectivity index (χ1) is 43.6. The number of amides is 1. The zero-order chi connectivity index (χ0) is 65.1. The maximum atomic E-state index is 11.2. The van der Waals surface area contributed by atoms with E-state index in [1.165, 1.54) is 94.2 Å². The topological polar surface area (TPSA) is 137 Å². The van der Waals surface area contributed by atoms with Gasteiger partial charge < -0.3 is 18.9 Å². The van der Waals surface area contributed by atoms with Crippen molar-refractivity contribution in [3.63, 3.8) is 0 Å². The Morgan fingerprint density at radius 3 is 1.00 bits per heavy atom. The second-order valence-electron chi connectivity index (χ2n) is 21.7. The third-order valence-electron chi connectivity index (χ3n) is 14.3. The SMILES string of the molecule is C.C#CCCc1ccc(CC(=O)OC)cc1.COC(=O)Cc1ccc(CCC#Cc2ccc(C)cc2)cc1.COC(=O)Cc1ccc(CCCCc2ccc(C)cc2)cc1.COc1ccc(I)cc1.Cc1ccc(CCCCc2ccc(CC(=O)NO)cc2)cc1. The van der Waals surface area contributed by atoms with E-state index in [2.05, 4.69) is 160 Å². The highest BCUT2D eigenvalue weighted by molar-refractivity contribution is 14.1. The van der Waals surface area contributed by atoms with E-state index in [1.54, 1.807) is 12.6 Å². The number of hydrogen-bond acceptors (Lipinski definition) is 9. The molecule has 10 nitrogen and oxygen atoms in total. The van der Waals surface area contributed by atoms with Crippen molar-refractivity contribution < 1.29 is 43.3 Å². The van der Waals surface area contributed by atoms with Gasteiger partial charge in [-0.3, -0.25) is 24.4 Å². The Kier molecular flexibility index (Phi) is 38.2. The van der Waals surface area contributed by atoms with Gasteiger partial charge in [-0.1, -0.05) is 194 Å². The molecule has 8 aromatic carbocycles. The fraction of sp³-hybridized carbons (Fsp3) is 0.300. The van der Waals surface area contributed by atoms with Gasteiger partial charge in [-0.05, 0) is 200 Å². The number of unbranched alkanes of at least 4 members (excludes halogenated alkanes) is 2. The molecule has 0 atom stereocenters. The highest BCUT2D eigenvalue weighted by atomic mass is 127. The van der Waals surface area contributed by atoms with Crippen molar-refractivity contribution in [3.8, 4) is 29.9 Å². The smallest absolute Gasteiger partial charge is 0.309 e. The fourth-order valence-electron chi connectivity index (χ4n) is 8.86. The van der Waals surface area contributed by atoms with Crippen LogP contribution < -0.4 is 10.2 Å². The Balaban J connectivity index is 0.000000304.